The Balaban J connectivity index is 2.18. The maximum Gasteiger partial charge on any atom is 0.224 e. The smallest absolute Gasteiger partial charge is 0.224 e. The second kappa shape index (κ2) is 8.59. The van der Waals surface area contributed by atoms with Crippen molar-refractivity contribution >= 4 is 17.3 Å². The van der Waals surface area contributed by atoms with Gasteiger partial charge in [0.05, 0.1) is 0 Å². The first-order chi connectivity index (χ1) is 9.47. The predicted octanol–water partition coefficient (Wildman–Crippen LogP) is 2.97. The van der Waals surface area contributed by atoms with E-state index in [0.717, 1.165) is 31.1 Å². The lowest BCUT2D eigenvalue weighted by Crippen LogP contribution is -2.23. The van der Waals surface area contributed by atoms with Crippen LogP contribution >= 0.6 is 0 Å². The fourth-order valence-electron chi connectivity index (χ4n) is 1.89. The van der Waals surface area contributed by atoms with Crippen molar-refractivity contribution in [2.75, 3.05) is 31.2 Å². The van der Waals surface area contributed by atoms with E-state index in [1.54, 1.807) is 12.1 Å². The quantitative estimate of drug-likeness (QED) is 0.718. The SMILES string of the molecule is CC(C)CCN(C)CCCC(=O)Nc1ccc(N)cc1. The van der Waals surface area contributed by atoms with E-state index >= 15 is 0 Å². The Morgan fingerprint density at radius 1 is 1.25 bits per heavy atom. The molecule has 0 atom stereocenters. The third-order valence-corrected chi connectivity index (χ3v) is 3.23. The van der Waals surface area contributed by atoms with E-state index in [4.69, 9.17) is 5.73 Å². The van der Waals surface area contributed by atoms with Gasteiger partial charge in [-0.3, -0.25) is 4.79 Å². The highest BCUT2D eigenvalue weighted by Gasteiger charge is 2.05. The minimum absolute atomic E-state index is 0.0621. The summed E-state index contributed by atoms with van der Waals surface area (Å²) in [6.07, 6.45) is 2.64. The molecule has 0 radical (unpaired) electrons. The highest BCUT2D eigenvalue weighted by molar-refractivity contribution is 5.90. The average molecular weight is 277 g/mol. The third-order valence-electron chi connectivity index (χ3n) is 3.23. The third kappa shape index (κ3) is 7.14. The Bertz CT molecular complexity index is 401. The van der Waals surface area contributed by atoms with E-state index in [1.807, 2.05) is 12.1 Å². The summed E-state index contributed by atoms with van der Waals surface area (Å²) in [5.41, 5.74) is 7.11. The van der Waals surface area contributed by atoms with Crippen LogP contribution in [0.15, 0.2) is 24.3 Å². The first-order valence-corrected chi connectivity index (χ1v) is 7.31. The number of nitrogen functional groups attached to an aromatic ring is 1. The zero-order valence-corrected chi connectivity index (χ0v) is 12.9. The van der Waals surface area contributed by atoms with Crippen LogP contribution in [-0.4, -0.2) is 30.9 Å². The van der Waals surface area contributed by atoms with Crippen LogP contribution in [0.5, 0.6) is 0 Å². The lowest BCUT2D eigenvalue weighted by Gasteiger charge is -2.17. The van der Waals surface area contributed by atoms with Crippen LogP contribution in [0.2, 0.25) is 0 Å². The molecule has 1 aromatic rings. The van der Waals surface area contributed by atoms with Gasteiger partial charge in [-0.2, -0.15) is 0 Å². The van der Waals surface area contributed by atoms with Gasteiger partial charge in [0.1, 0.15) is 0 Å². The number of nitrogens with two attached hydrogens (primary N) is 1. The second-order valence-corrected chi connectivity index (χ2v) is 5.76. The van der Waals surface area contributed by atoms with Crippen LogP contribution in [0, 0.1) is 5.92 Å². The number of benzene rings is 1. The monoisotopic (exact) mass is 277 g/mol. The van der Waals surface area contributed by atoms with Gasteiger partial charge in [0.15, 0.2) is 0 Å². The minimum Gasteiger partial charge on any atom is -0.399 e. The maximum atomic E-state index is 11.8. The largest absolute Gasteiger partial charge is 0.399 e. The van der Waals surface area contributed by atoms with Crippen LogP contribution in [0.25, 0.3) is 0 Å². The molecular formula is C16H27N3O. The van der Waals surface area contributed by atoms with Crippen LogP contribution in [0.4, 0.5) is 11.4 Å². The number of hydrogen-bond acceptors (Lipinski definition) is 3. The summed E-state index contributed by atoms with van der Waals surface area (Å²) < 4.78 is 0. The van der Waals surface area contributed by atoms with Gasteiger partial charge in [-0.25, -0.2) is 0 Å². The second-order valence-electron chi connectivity index (χ2n) is 5.76. The summed E-state index contributed by atoms with van der Waals surface area (Å²) in [7, 11) is 2.11. The number of carbonyl (C=O) groups excluding carboxylic acids is 1. The van der Waals surface area contributed by atoms with Crippen molar-refractivity contribution in [3.05, 3.63) is 24.3 Å². The molecule has 0 fully saturated rings. The Morgan fingerprint density at radius 3 is 2.50 bits per heavy atom. The molecule has 0 unspecified atom stereocenters. The van der Waals surface area contributed by atoms with Crippen LogP contribution in [0.1, 0.15) is 33.1 Å². The Labute approximate surface area is 122 Å². The highest BCUT2D eigenvalue weighted by Crippen LogP contribution is 2.11. The molecule has 1 aromatic carbocycles. The summed E-state index contributed by atoms with van der Waals surface area (Å²) in [5.74, 6) is 0.790. The standard InChI is InChI=1S/C16H27N3O/c1-13(2)10-12-19(3)11-4-5-16(20)18-15-8-6-14(17)7-9-15/h6-9,13H,4-5,10-12,17H2,1-3H3,(H,18,20). The summed E-state index contributed by atoms with van der Waals surface area (Å²) >= 11 is 0. The molecule has 0 spiro atoms. The molecule has 0 bridgehead atoms. The van der Waals surface area contributed by atoms with E-state index in [1.165, 1.54) is 6.42 Å². The molecule has 0 aliphatic heterocycles. The highest BCUT2D eigenvalue weighted by atomic mass is 16.1. The zero-order chi connectivity index (χ0) is 15.0. The number of anilines is 2. The van der Waals surface area contributed by atoms with Gasteiger partial charge in [-0.05, 0) is 63.2 Å². The van der Waals surface area contributed by atoms with Gasteiger partial charge in [0, 0.05) is 17.8 Å². The number of hydrogen-bond donors (Lipinski definition) is 2. The van der Waals surface area contributed by atoms with Crippen LogP contribution in [-0.2, 0) is 4.79 Å². The van der Waals surface area contributed by atoms with Gasteiger partial charge in [0.25, 0.3) is 0 Å². The Hall–Kier alpha value is -1.55. The number of nitrogens with zero attached hydrogens (tertiary/aromatic N) is 1. The fourth-order valence-corrected chi connectivity index (χ4v) is 1.89. The average Bonchev–Trinajstić information content (AvgIpc) is 2.39. The van der Waals surface area contributed by atoms with Crippen molar-refractivity contribution in [1.29, 1.82) is 0 Å². The van der Waals surface area contributed by atoms with Crippen molar-refractivity contribution in [2.45, 2.75) is 33.1 Å². The summed E-state index contributed by atoms with van der Waals surface area (Å²) in [6, 6.07) is 7.22. The molecule has 0 aromatic heterocycles. The summed E-state index contributed by atoms with van der Waals surface area (Å²) in [5, 5.41) is 2.88. The van der Waals surface area contributed by atoms with Crippen molar-refractivity contribution < 1.29 is 4.79 Å². The minimum atomic E-state index is 0.0621. The number of rotatable bonds is 8. The zero-order valence-electron chi connectivity index (χ0n) is 12.9. The van der Waals surface area contributed by atoms with Crippen molar-refractivity contribution in [3.8, 4) is 0 Å². The van der Waals surface area contributed by atoms with E-state index in [-0.39, 0.29) is 5.91 Å². The van der Waals surface area contributed by atoms with E-state index in [0.29, 0.717) is 12.1 Å². The molecule has 20 heavy (non-hydrogen) atoms. The Morgan fingerprint density at radius 2 is 1.90 bits per heavy atom. The van der Waals surface area contributed by atoms with Gasteiger partial charge in [-0.15, -0.1) is 0 Å². The fraction of sp³-hybridized carbons (Fsp3) is 0.562. The van der Waals surface area contributed by atoms with E-state index in [2.05, 4.69) is 31.1 Å². The topological polar surface area (TPSA) is 58.4 Å². The van der Waals surface area contributed by atoms with E-state index in [9.17, 15) is 4.79 Å². The van der Waals surface area contributed by atoms with Crippen molar-refractivity contribution in [2.24, 2.45) is 5.92 Å². The first-order valence-electron chi connectivity index (χ1n) is 7.31. The molecule has 0 aliphatic carbocycles. The number of carbonyl (C=O) groups is 1. The summed E-state index contributed by atoms with van der Waals surface area (Å²) in [4.78, 5) is 14.1. The molecule has 112 valence electrons. The normalized spacial score (nSPS) is 11.1. The molecule has 3 N–H and O–H groups in total. The Kier molecular flexibility index (Phi) is 7.09. The molecule has 4 nitrogen and oxygen atoms in total. The maximum absolute atomic E-state index is 11.8. The van der Waals surface area contributed by atoms with Crippen molar-refractivity contribution in [1.82, 2.24) is 4.90 Å². The van der Waals surface area contributed by atoms with Gasteiger partial charge in [0.2, 0.25) is 5.91 Å². The molecule has 1 rings (SSSR count). The van der Waals surface area contributed by atoms with Crippen molar-refractivity contribution in [3.63, 3.8) is 0 Å². The number of amides is 1. The summed E-state index contributed by atoms with van der Waals surface area (Å²) in [6.45, 7) is 6.51. The molecule has 4 heteroatoms. The van der Waals surface area contributed by atoms with Gasteiger partial charge in [-0.1, -0.05) is 13.8 Å². The molecule has 0 heterocycles. The predicted molar refractivity (Wildman–Crippen MR) is 85.7 cm³/mol. The first kappa shape index (κ1) is 16.5. The molecule has 0 aliphatic rings. The van der Waals surface area contributed by atoms with Crippen LogP contribution < -0.4 is 11.1 Å². The molecule has 0 saturated carbocycles. The lowest BCUT2D eigenvalue weighted by molar-refractivity contribution is -0.116. The number of nitrogens with one attached hydrogen (secondary N) is 1. The van der Waals surface area contributed by atoms with Gasteiger partial charge < -0.3 is 16.0 Å². The van der Waals surface area contributed by atoms with Crippen LogP contribution in [0.3, 0.4) is 0 Å². The van der Waals surface area contributed by atoms with E-state index < -0.39 is 0 Å². The molecule has 0 saturated heterocycles. The molecular weight excluding hydrogens is 250 g/mol. The molecule has 1 amide bonds. The lowest BCUT2D eigenvalue weighted by atomic mass is 10.1. The van der Waals surface area contributed by atoms with Gasteiger partial charge >= 0.3 is 0 Å².